The van der Waals surface area contributed by atoms with Crippen LogP contribution in [0.4, 0.5) is 5.95 Å². The molecule has 306 valence electrons. The molecule has 4 rings (SSSR count). The second-order valence-corrected chi connectivity index (χ2v) is 14.1. The lowest BCUT2D eigenvalue weighted by Crippen LogP contribution is -2.40. The molecule has 13 nitrogen and oxygen atoms in total. The molecule has 0 bridgehead atoms. The summed E-state index contributed by atoms with van der Waals surface area (Å²) in [6, 6.07) is 8.83. The van der Waals surface area contributed by atoms with Crippen molar-refractivity contribution in [3.8, 4) is 11.3 Å². The summed E-state index contributed by atoms with van der Waals surface area (Å²) in [5.41, 5.74) is 5.26. The Hall–Kier alpha value is -5.40. The summed E-state index contributed by atoms with van der Waals surface area (Å²) >= 11 is 6.34. The van der Waals surface area contributed by atoms with E-state index in [4.69, 9.17) is 30.8 Å². The molecule has 1 aliphatic heterocycles. The molecule has 1 fully saturated rings. The lowest BCUT2D eigenvalue weighted by Gasteiger charge is -2.26. The number of benzene rings is 1. The summed E-state index contributed by atoms with van der Waals surface area (Å²) in [4.78, 5) is 53.8. The number of aryl methyl sites for hydroxylation is 1. The average molecular weight is 802 g/mol. The molecular weight excluding hydrogens is 746 g/mol. The molecule has 3 aromatic rings. The van der Waals surface area contributed by atoms with Gasteiger partial charge in [-0.05, 0) is 61.6 Å². The predicted octanol–water partition coefficient (Wildman–Crippen LogP) is 8.05. The highest BCUT2D eigenvalue weighted by Crippen LogP contribution is 2.27. The third-order valence-corrected chi connectivity index (χ3v) is 9.38. The van der Waals surface area contributed by atoms with Crippen molar-refractivity contribution in [2.24, 2.45) is 0 Å². The van der Waals surface area contributed by atoms with E-state index >= 15 is 0 Å². The van der Waals surface area contributed by atoms with Crippen molar-refractivity contribution >= 4 is 41.0 Å². The van der Waals surface area contributed by atoms with Crippen LogP contribution in [-0.4, -0.2) is 81.9 Å². The maximum absolute atomic E-state index is 12.6. The first kappa shape index (κ1) is 44.3. The number of hydrogen-bond acceptors (Lipinski definition) is 10. The number of carbonyl (C=O) groups excluding carboxylic acids is 3. The van der Waals surface area contributed by atoms with Gasteiger partial charge in [0, 0.05) is 68.4 Å². The molecular formula is C43H56ClN7O6. The Balaban J connectivity index is 1.38. The Morgan fingerprint density at radius 2 is 1.81 bits per heavy atom. The molecule has 0 radical (unpaired) electrons. The number of allylic oxidation sites excluding steroid dienone is 2. The minimum absolute atomic E-state index is 0.0150. The first-order valence-corrected chi connectivity index (χ1v) is 19.9. The molecule has 0 saturated carbocycles. The fourth-order valence-corrected chi connectivity index (χ4v) is 6.20. The molecule has 1 unspecified atom stereocenters. The summed E-state index contributed by atoms with van der Waals surface area (Å²) in [7, 11) is 0. The van der Waals surface area contributed by atoms with Gasteiger partial charge in [-0.1, -0.05) is 57.7 Å². The van der Waals surface area contributed by atoms with Crippen molar-refractivity contribution in [3.05, 3.63) is 108 Å². The van der Waals surface area contributed by atoms with Crippen LogP contribution in [0.5, 0.6) is 0 Å². The lowest BCUT2D eigenvalue weighted by molar-refractivity contribution is -0.141. The number of amides is 2. The Kier molecular flexibility index (Phi) is 17.9. The van der Waals surface area contributed by atoms with Gasteiger partial charge in [0.1, 0.15) is 6.26 Å². The van der Waals surface area contributed by atoms with E-state index in [9.17, 15) is 14.4 Å². The SMILES string of the molecule is C=C(CCC(=O)N1CCOCC1)O/C=C(/CC)Nc1ncc(C)c(-c2c[nH]c(C(=C)NC(C=COC(=O)CCC(=O)N(CCC)CCC)c3cccc(Cl)c3)c2)n1. The molecule has 1 aliphatic rings. The molecule has 3 N–H and O–H groups in total. The molecule has 1 saturated heterocycles. The first-order chi connectivity index (χ1) is 27.5. The summed E-state index contributed by atoms with van der Waals surface area (Å²) < 4.78 is 16.5. The zero-order chi connectivity index (χ0) is 41.2. The summed E-state index contributed by atoms with van der Waals surface area (Å²) in [6.07, 6.45) is 11.4. The highest BCUT2D eigenvalue weighted by atomic mass is 35.5. The van der Waals surface area contributed by atoms with Gasteiger partial charge in [0.2, 0.25) is 17.8 Å². The second kappa shape index (κ2) is 23.0. The number of halogens is 1. The average Bonchev–Trinajstić information content (AvgIpc) is 3.71. The van der Waals surface area contributed by atoms with Crippen LogP contribution in [0.1, 0.15) is 88.6 Å². The van der Waals surface area contributed by atoms with Crippen molar-refractivity contribution in [2.45, 2.75) is 78.7 Å². The number of H-pyrrole nitrogens is 1. The van der Waals surface area contributed by atoms with Crippen LogP contribution in [0.15, 0.2) is 85.9 Å². The van der Waals surface area contributed by atoms with Gasteiger partial charge in [-0.15, -0.1) is 0 Å². The molecule has 2 aromatic heterocycles. The van der Waals surface area contributed by atoms with E-state index in [1.165, 1.54) is 6.26 Å². The van der Waals surface area contributed by atoms with Gasteiger partial charge < -0.3 is 39.6 Å². The van der Waals surface area contributed by atoms with E-state index in [2.05, 4.69) is 33.8 Å². The number of nitrogens with one attached hydrogen (secondary N) is 3. The normalized spacial score (nSPS) is 13.6. The smallest absolute Gasteiger partial charge is 0.311 e. The van der Waals surface area contributed by atoms with Crippen LogP contribution in [0, 0.1) is 6.92 Å². The zero-order valence-corrected chi connectivity index (χ0v) is 34.3. The Morgan fingerprint density at radius 1 is 1.05 bits per heavy atom. The van der Waals surface area contributed by atoms with Crippen molar-refractivity contribution in [1.82, 2.24) is 30.1 Å². The van der Waals surface area contributed by atoms with Crippen LogP contribution in [0.25, 0.3) is 17.0 Å². The highest BCUT2D eigenvalue weighted by molar-refractivity contribution is 6.30. The van der Waals surface area contributed by atoms with E-state index in [0.29, 0.717) is 86.8 Å². The quantitative estimate of drug-likeness (QED) is 0.0673. The number of esters is 1. The fraction of sp³-hybridized carbons (Fsp3) is 0.419. The van der Waals surface area contributed by atoms with Gasteiger partial charge in [-0.2, -0.15) is 0 Å². The number of rotatable bonds is 22. The van der Waals surface area contributed by atoms with E-state index < -0.39 is 12.0 Å². The van der Waals surface area contributed by atoms with Crippen molar-refractivity contribution in [3.63, 3.8) is 0 Å². The monoisotopic (exact) mass is 801 g/mol. The molecule has 3 heterocycles. The van der Waals surface area contributed by atoms with Crippen LogP contribution in [-0.2, 0) is 28.6 Å². The number of anilines is 1. The molecule has 0 aliphatic carbocycles. The second-order valence-electron chi connectivity index (χ2n) is 13.7. The van der Waals surface area contributed by atoms with Gasteiger partial charge in [-0.25, -0.2) is 9.97 Å². The number of morpholine rings is 1. The summed E-state index contributed by atoms with van der Waals surface area (Å²) in [5.74, 6) is 0.399. The van der Waals surface area contributed by atoms with Gasteiger partial charge in [0.15, 0.2) is 0 Å². The molecule has 57 heavy (non-hydrogen) atoms. The number of hydrogen-bond donors (Lipinski definition) is 3. The van der Waals surface area contributed by atoms with Crippen LogP contribution >= 0.6 is 11.6 Å². The largest absolute Gasteiger partial charge is 0.468 e. The Labute approximate surface area is 341 Å². The van der Waals surface area contributed by atoms with Gasteiger partial charge >= 0.3 is 5.97 Å². The zero-order valence-electron chi connectivity index (χ0n) is 33.6. The third-order valence-electron chi connectivity index (χ3n) is 9.15. The highest BCUT2D eigenvalue weighted by Gasteiger charge is 2.18. The molecule has 2 amide bonds. The number of ether oxygens (including phenoxy) is 3. The summed E-state index contributed by atoms with van der Waals surface area (Å²) in [5, 5.41) is 7.20. The minimum Gasteiger partial charge on any atom is -0.468 e. The van der Waals surface area contributed by atoms with Gasteiger partial charge in [-0.3, -0.25) is 14.4 Å². The minimum atomic E-state index is -0.494. The van der Waals surface area contributed by atoms with Gasteiger partial charge in [0.05, 0.1) is 60.5 Å². The predicted molar refractivity (Wildman–Crippen MR) is 223 cm³/mol. The van der Waals surface area contributed by atoms with Crippen molar-refractivity contribution in [2.75, 3.05) is 44.7 Å². The maximum atomic E-state index is 12.6. The van der Waals surface area contributed by atoms with E-state index in [0.717, 1.165) is 40.9 Å². The lowest BCUT2D eigenvalue weighted by atomic mass is 10.1. The topological polar surface area (TPSA) is 151 Å². The third kappa shape index (κ3) is 14.2. The van der Waals surface area contributed by atoms with Crippen molar-refractivity contribution in [1.29, 1.82) is 0 Å². The standard InChI is InChI=1S/C43H56ClN7O6/c1-7-18-50(19-8-2)40(53)15-16-41(54)56-22-17-37(33-11-10-12-35(44)25-33)47-32(6)38-26-34(28-45-38)42-30(4)27-46-43(49-42)48-36(9-3)29-57-31(5)13-14-39(52)51-20-23-55-24-21-51/h10-12,17,22,25-29,37,45,47H,5-9,13-16,18-21,23-24H2,1-4H3,(H,46,48,49)/b22-17?,36-29-. The molecule has 0 spiro atoms. The van der Waals surface area contributed by atoms with E-state index in [1.54, 1.807) is 34.4 Å². The molecule has 14 heteroatoms. The van der Waals surface area contributed by atoms with Gasteiger partial charge in [0.25, 0.3) is 0 Å². The number of aromatic nitrogens is 3. The van der Waals surface area contributed by atoms with Crippen LogP contribution in [0.3, 0.4) is 0 Å². The number of nitrogens with zero attached hydrogens (tertiary/aromatic N) is 4. The van der Waals surface area contributed by atoms with Crippen molar-refractivity contribution < 1.29 is 28.6 Å². The van der Waals surface area contributed by atoms with E-state index in [1.807, 2.05) is 58.2 Å². The number of aromatic amines is 1. The molecule has 1 aromatic carbocycles. The fourth-order valence-electron chi connectivity index (χ4n) is 6.00. The Bertz CT molecular complexity index is 1900. The first-order valence-electron chi connectivity index (χ1n) is 19.5. The van der Waals surface area contributed by atoms with Crippen LogP contribution in [0.2, 0.25) is 5.02 Å². The Morgan fingerprint density at radius 3 is 2.51 bits per heavy atom. The summed E-state index contributed by atoms with van der Waals surface area (Å²) in [6.45, 7) is 19.9. The maximum Gasteiger partial charge on any atom is 0.311 e. The number of carbonyl (C=O) groups is 3. The van der Waals surface area contributed by atoms with Crippen LogP contribution < -0.4 is 10.6 Å². The molecule has 1 atom stereocenters. The van der Waals surface area contributed by atoms with E-state index in [-0.39, 0.29) is 24.7 Å².